The van der Waals surface area contributed by atoms with E-state index < -0.39 is 11.3 Å². The second-order valence-electron chi connectivity index (χ2n) is 5.65. The minimum absolute atomic E-state index is 0. The molecule has 2 aliphatic rings. The van der Waals surface area contributed by atoms with Gasteiger partial charge in [-0.1, -0.05) is 0 Å². The van der Waals surface area contributed by atoms with Crippen molar-refractivity contribution in [3.8, 4) is 0 Å². The zero-order valence-electron chi connectivity index (χ0n) is 12.0. The summed E-state index contributed by atoms with van der Waals surface area (Å²) in [5.41, 5.74) is 3.68. The molecule has 1 aliphatic heterocycles. The van der Waals surface area contributed by atoms with E-state index in [-0.39, 0.29) is 18.4 Å². The van der Waals surface area contributed by atoms with Gasteiger partial charge in [0, 0.05) is 12.6 Å². The van der Waals surface area contributed by atoms with Gasteiger partial charge in [0.15, 0.2) is 0 Å². The predicted octanol–water partition coefficient (Wildman–Crippen LogP) is 0.839. The number of likely N-dealkylation sites (N-methyl/N-ethyl adjacent to an activating group) is 1. The van der Waals surface area contributed by atoms with Crippen LogP contribution in [0, 0.1) is 0 Å². The van der Waals surface area contributed by atoms with E-state index >= 15 is 0 Å². The van der Waals surface area contributed by atoms with Crippen LogP contribution in [0.5, 0.6) is 0 Å². The minimum Gasteiger partial charge on any atom is -0.754 e. The van der Waals surface area contributed by atoms with Crippen LogP contribution in [-0.4, -0.2) is 49.6 Å². The topological polar surface area (TPSA) is 76.5 Å². The molecule has 1 saturated heterocycles. The number of piperidine rings is 1. The summed E-state index contributed by atoms with van der Waals surface area (Å²) in [5, 5.41) is 4.24. The van der Waals surface area contributed by atoms with E-state index in [0.717, 1.165) is 38.8 Å². The van der Waals surface area contributed by atoms with Crippen molar-refractivity contribution in [2.75, 3.05) is 24.6 Å². The number of halogens is 1. The van der Waals surface area contributed by atoms with Gasteiger partial charge in [0.25, 0.3) is 0 Å². The van der Waals surface area contributed by atoms with E-state index in [1.165, 1.54) is 4.41 Å². The Morgan fingerprint density at radius 2 is 2.24 bits per heavy atom. The van der Waals surface area contributed by atoms with Gasteiger partial charge in [-0.05, 0) is 39.3 Å². The molecule has 0 aromatic carbocycles. The van der Waals surface area contributed by atoms with Crippen molar-refractivity contribution < 1.29 is 8.76 Å². The quantitative estimate of drug-likeness (QED) is 0.638. The zero-order chi connectivity index (χ0) is 14.1. The van der Waals surface area contributed by atoms with Crippen molar-refractivity contribution >= 4 is 29.4 Å². The van der Waals surface area contributed by atoms with Crippen molar-refractivity contribution in [2.45, 2.75) is 37.8 Å². The Balaban J connectivity index is 0.00000161. The summed E-state index contributed by atoms with van der Waals surface area (Å²) in [6.45, 7) is 1.92. The van der Waals surface area contributed by atoms with Crippen LogP contribution in [0.4, 0.5) is 5.69 Å². The molecule has 0 radical (unpaired) electrons. The molecule has 1 N–H and O–H groups in total. The van der Waals surface area contributed by atoms with Gasteiger partial charge < -0.3 is 9.45 Å². The van der Waals surface area contributed by atoms with Crippen LogP contribution < -0.4 is 9.84 Å². The predicted molar refractivity (Wildman–Crippen MR) is 82.8 cm³/mol. The molecule has 7 nitrogen and oxygen atoms in total. The van der Waals surface area contributed by atoms with Crippen molar-refractivity contribution in [2.24, 2.45) is 0 Å². The molecule has 21 heavy (non-hydrogen) atoms. The maximum absolute atomic E-state index is 11.5. The summed E-state index contributed by atoms with van der Waals surface area (Å²) < 4.78 is 26.0. The van der Waals surface area contributed by atoms with Crippen LogP contribution in [-0.2, 0) is 11.3 Å². The molecule has 2 atom stereocenters. The first-order valence-electron chi connectivity index (χ1n) is 7.02. The van der Waals surface area contributed by atoms with E-state index in [4.69, 9.17) is 0 Å². The first-order chi connectivity index (χ1) is 9.63. The molecule has 3 rings (SSSR count). The first-order valence-corrected chi connectivity index (χ1v) is 8.05. The lowest BCUT2D eigenvalue weighted by molar-refractivity contribution is 0.229. The summed E-state index contributed by atoms with van der Waals surface area (Å²) in [5.74, 6) is 0. The molecular formula is C12H21ClN5O2S-. The molecule has 2 heterocycles. The Bertz CT molecular complexity index is 496. The van der Waals surface area contributed by atoms with Crippen LogP contribution in [0.2, 0.25) is 0 Å². The molecular weight excluding hydrogens is 314 g/mol. The van der Waals surface area contributed by atoms with Gasteiger partial charge in [-0.3, -0.25) is 8.89 Å². The second-order valence-corrected chi connectivity index (χ2v) is 6.45. The van der Waals surface area contributed by atoms with Gasteiger partial charge in [0.2, 0.25) is 0 Å². The monoisotopic (exact) mass is 334 g/mol. The zero-order valence-corrected chi connectivity index (χ0v) is 13.6. The Hall–Kier alpha value is -0.670. The summed E-state index contributed by atoms with van der Waals surface area (Å²) in [6, 6.07) is 0.599. The highest BCUT2D eigenvalue weighted by molar-refractivity contribution is 7.80. The van der Waals surface area contributed by atoms with Gasteiger partial charge in [-0.15, -0.1) is 12.4 Å². The van der Waals surface area contributed by atoms with Crippen molar-refractivity contribution in [1.29, 1.82) is 0 Å². The summed E-state index contributed by atoms with van der Waals surface area (Å²) >= 11 is -2.35. The van der Waals surface area contributed by atoms with Crippen molar-refractivity contribution in [1.82, 2.24) is 20.1 Å². The van der Waals surface area contributed by atoms with E-state index in [9.17, 15) is 8.76 Å². The van der Waals surface area contributed by atoms with Crippen LogP contribution in [0.15, 0.2) is 12.4 Å². The molecule has 1 aromatic rings. The van der Waals surface area contributed by atoms with Gasteiger partial charge >= 0.3 is 0 Å². The maximum Gasteiger partial charge on any atom is 0.104 e. The minimum atomic E-state index is -2.35. The van der Waals surface area contributed by atoms with E-state index in [0.29, 0.717) is 11.7 Å². The largest absolute Gasteiger partial charge is 0.754 e. The van der Waals surface area contributed by atoms with Crippen molar-refractivity contribution in [3.63, 3.8) is 0 Å². The first kappa shape index (κ1) is 16.7. The van der Waals surface area contributed by atoms with Crippen LogP contribution in [0.3, 0.4) is 0 Å². The smallest absolute Gasteiger partial charge is 0.104 e. The Labute approximate surface area is 133 Å². The molecule has 1 unspecified atom stereocenters. The maximum atomic E-state index is 11.5. The lowest BCUT2D eigenvalue weighted by Crippen LogP contribution is -2.52. The molecule has 0 amide bonds. The van der Waals surface area contributed by atoms with Crippen LogP contribution in [0.25, 0.3) is 0 Å². The third kappa shape index (κ3) is 4.17. The molecule has 120 valence electrons. The number of anilines is 1. The number of hydrogen-bond donors (Lipinski definition) is 1. The van der Waals surface area contributed by atoms with E-state index in [1.54, 1.807) is 12.4 Å². The van der Waals surface area contributed by atoms with Gasteiger partial charge in [-0.2, -0.15) is 5.10 Å². The fraction of sp³-hybridized carbons (Fsp3) is 0.750. The number of hydrogen-bond acceptors (Lipinski definition) is 5. The van der Waals surface area contributed by atoms with Crippen LogP contribution >= 0.6 is 12.4 Å². The number of likely N-dealkylation sites (tertiary alicyclic amines) is 1. The number of nitrogens with one attached hydrogen (secondary N) is 1. The van der Waals surface area contributed by atoms with E-state index in [2.05, 4.69) is 22.5 Å². The summed E-state index contributed by atoms with van der Waals surface area (Å²) in [7, 11) is 2.05. The Kier molecular flexibility index (Phi) is 5.61. The fourth-order valence-corrected chi connectivity index (χ4v) is 3.11. The summed E-state index contributed by atoms with van der Waals surface area (Å²) in [4.78, 5) is 2.21. The highest BCUT2D eigenvalue weighted by atomic mass is 35.5. The highest BCUT2D eigenvalue weighted by Crippen LogP contribution is 2.35. The van der Waals surface area contributed by atoms with Gasteiger partial charge in [0.1, 0.15) is 5.69 Å². The lowest BCUT2D eigenvalue weighted by Gasteiger charge is -2.35. The Morgan fingerprint density at radius 3 is 2.86 bits per heavy atom. The molecule has 0 bridgehead atoms. The third-order valence-electron chi connectivity index (χ3n) is 3.82. The van der Waals surface area contributed by atoms with E-state index in [1.807, 2.05) is 4.68 Å². The Morgan fingerprint density at radius 1 is 1.48 bits per heavy atom. The number of nitrogens with zero attached hydrogens (tertiary/aromatic N) is 4. The third-order valence-corrected chi connectivity index (χ3v) is 4.43. The summed E-state index contributed by atoms with van der Waals surface area (Å²) in [6.07, 6.45) is 7.72. The molecule has 9 heteroatoms. The normalized spacial score (nSPS) is 24.4. The van der Waals surface area contributed by atoms with Gasteiger partial charge in [0.05, 0.1) is 29.7 Å². The second kappa shape index (κ2) is 7.06. The fourth-order valence-electron chi connectivity index (χ4n) is 2.61. The molecule has 2 fully saturated rings. The molecule has 0 spiro atoms. The average molecular weight is 335 g/mol. The number of rotatable bonds is 5. The lowest BCUT2D eigenvalue weighted by atomic mass is 10.1. The molecule has 1 aromatic heterocycles. The van der Waals surface area contributed by atoms with Crippen molar-refractivity contribution in [3.05, 3.63) is 12.4 Å². The SMILES string of the molecule is CN1CCC[C@H](NN(c2cnn(C3CC3)c2)S(=O)[O-])C1.Cl. The number of aromatic nitrogens is 2. The average Bonchev–Trinajstić information content (AvgIpc) is 3.14. The van der Waals surface area contributed by atoms with Gasteiger partial charge in [-0.25, -0.2) is 9.84 Å². The highest BCUT2D eigenvalue weighted by Gasteiger charge is 2.26. The standard InChI is InChI=1S/C12H21N5O2S.ClH/c1-15-6-2-3-10(8-15)14-17(20(18)19)12-7-13-16(9-12)11-4-5-11;/h7,9-11,14H,2-6,8H2,1H3,(H,18,19);1H/p-1/t10-;/m0./s1. The number of hydrazine groups is 1. The molecule has 1 saturated carbocycles. The molecule has 1 aliphatic carbocycles. The van der Waals surface area contributed by atoms with Crippen LogP contribution in [0.1, 0.15) is 31.7 Å².